The second kappa shape index (κ2) is 6.63. The number of likely N-dealkylation sites (N-methyl/N-ethyl adjacent to an activating group) is 1. The molecule has 1 aromatic carbocycles. The third-order valence-corrected chi connectivity index (χ3v) is 3.43. The molecular weight excluding hydrogens is 320 g/mol. The molecule has 0 amide bonds. The SMILES string of the molecule is CNCC(C)NCc1cc(Br)ccc1Br. The van der Waals surface area contributed by atoms with Gasteiger partial charge in [0.2, 0.25) is 0 Å². The summed E-state index contributed by atoms with van der Waals surface area (Å²) in [6, 6.07) is 6.69. The standard InChI is InChI=1S/C11H16Br2N2/c1-8(6-14-2)15-7-9-5-10(12)3-4-11(9)13/h3-5,8,14-15H,6-7H2,1-2H3. The van der Waals surface area contributed by atoms with E-state index in [0.29, 0.717) is 6.04 Å². The molecule has 0 spiro atoms. The van der Waals surface area contributed by atoms with E-state index in [0.717, 1.165) is 22.0 Å². The van der Waals surface area contributed by atoms with E-state index >= 15 is 0 Å². The van der Waals surface area contributed by atoms with Crippen LogP contribution >= 0.6 is 31.9 Å². The van der Waals surface area contributed by atoms with Crippen molar-refractivity contribution in [1.29, 1.82) is 0 Å². The molecule has 15 heavy (non-hydrogen) atoms. The molecule has 0 aliphatic heterocycles. The van der Waals surface area contributed by atoms with Crippen LogP contribution < -0.4 is 10.6 Å². The Labute approximate surface area is 108 Å². The predicted octanol–water partition coefficient (Wildman–Crippen LogP) is 2.91. The Morgan fingerprint density at radius 1 is 1.33 bits per heavy atom. The maximum Gasteiger partial charge on any atom is 0.0221 e. The minimum atomic E-state index is 0.473. The first kappa shape index (κ1) is 13.2. The highest BCUT2D eigenvalue weighted by atomic mass is 79.9. The number of benzene rings is 1. The Balaban J connectivity index is 2.53. The average molecular weight is 336 g/mol. The summed E-state index contributed by atoms with van der Waals surface area (Å²) in [5, 5.41) is 6.60. The first-order chi connectivity index (χ1) is 7.13. The van der Waals surface area contributed by atoms with Gasteiger partial charge in [-0.2, -0.15) is 0 Å². The quantitative estimate of drug-likeness (QED) is 0.864. The van der Waals surface area contributed by atoms with Crippen LogP contribution in [-0.2, 0) is 6.54 Å². The highest BCUT2D eigenvalue weighted by molar-refractivity contribution is 9.11. The van der Waals surface area contributed by atoms with Gasteiger partial charge in [-0.15, -0.1) is 0 Å². The van der Waals surface area contributed by atoms with E-state index in [1.54, 1.807) is 0 Å². The molecule has 4 heteroatoms. The lowest BCUT2D eigenvalue weighted by Crippen LogP contribution is -2.34. The van der Waals surface area contributed by atoms with Crippen LogP contribution in [0.15, 0.2) is 27.1 Å². The van der Waals surface area contributed by atoms with Crippen molar-refractivity contribution >= 4 is 31.9 Å². The van der Waals surface area contributed by atoms with Gasteiger partial charge >= 0.3 is 0 Å². The van der Waals surface area contributed by atoms with Gasteiger partial charge in [0, 0.05) is 28.1 Å². The Bertz CT molecular complexity index is 315. The van der Waals surface area contributed by atoms with E-state index < -0.39 is 0 Å². The summed E-state index contributed by atoms with van der Waals surface area (Å²) in [6.45, 7) is 4.02. The Kier molecular flexibility index (Phi) is 5.82. The van der Waals surface area contributed by atoms with Gasteiger partial charge in [-0.05, 0) is 37.7 Å². The molecule has 0 aliphatic rings. The van der Waals surface area contributed by atoms with E-state index in [4.69, 9.17) is 0 Å². The molecular formula is C11H16Br2N2. The molecule has 1 aromatic rings. The van der Waals surface area contributed by atoms with Crippen LogP contribution in [0.3, 0.4) is 0 Å². The Hall–Kier alpha value is 0.1000. The highest BCUT2D eigenvalue weighted by Crippen LogP contribution is 2.21. The summed E-state index contributed by atoms with van der Waals surface area (Å²) in [5.74, 6) is 0. The predicted molar refractivity (Wildman–Crippen MR) is 72.1 cm³/mol. The van der Waals surface area contributed by atoms with E-state index in [2.05, 4.69) is 61.5 Å². The first-order valence-electron chi connectivity index (χ1n) is 4.95. The summed E-state index contributed by atoms with van der Waals surface area (Å²) in [5.41, 5.74) is 1.27. The summed E-state index contributed by atoms with van der Waals surface area (Å²) in [4.78, 5) is 0. The third-order valence-electron chi connectivity index (χ3n) is 2.16. The molecule has 0 saturated carbocycles. The zero-order chi connectivity index (χ0) is 11.3. The number of hydrogen-bond donors (Lipinski definition) is 2. The summed E-state index contributed by atoms with van der Waals surface area (Å²) >= 11 is 7.02. The van der Waals surface area contributed by atoms with Crippen LogP contribution in [0, 0.1) is 0 Å². The molecule has 0 saturated heterocycles. The van der Waals surface area contributed by atoms with Crippen LogP contribution in [-0.4, -0.2) is 19.6 Å². The fourth-order valence-corrected chi connectivity index (χ4v) is 2.14. The number of hydrogen-bond acceptors (Lipinski definition) is 2. The molecule has 2 N–H and O–H groups in total. The van der Waals surface area contributed by atoms with E-state index in [9.17, 15) is 0 Å². The van der Waals surface area contributed by atoms with Crippen molar-refractivity contribution in [3.05, 3.63) is 32.7 Å². The van der Waals surface area contributed by atoms with Crippen LogP contribution in [0.1, 0.15) is 12.5 Å². The van der Waals surface area contributed by atoms with E-state index in [1.165, 1.54) is 5.56 Å². The molecule has 84 valence electrons. The monoisotopic (exact) mass is 334 g/mol. The van der Waals surface area contributed by atoms with E-state index in [-0.39, 0.29) is 0 Å². The first-order valence-corrected chi connectivity index (χ1v) is 6.54. The zero-order valence-corrected chi connectivity index (χ0v) is 12.2. The fraction of sp³-hybridized carbons (Fsp3) is 0.455. The molecule has 1 unspecified atom stereocenters. The molecule has 0 bridgehead atoms. The topological polar surface area (TPSA) is 24.1 Å². The van der Waals surface area contributed by atoms with Crippen LogP contribution in [0.2, 0.25) is 0 Å². The van der Waals surface area contributed by atoms with Gasteiger partial charge in [0.15, 0.2) is 0 Å². The smallest absolute Gasteiger partial charge is 0.0221 e. The van der Waals surface area contributed by atoms with Crippen molar-refractivity contribution < 1.29 is 0 Å². The molecule has 0 heterocycles. The second-order valence-corrected chi connectivity index (χ2v) is 5.35. The Morgan fingerprint density at radius 3 is 2.73 bits per heavy atom. The van der Waals surface area contributed by atoms with Crippen LogP contribution in [0.5, 0.6) is 0 Å². The van der Waals surface area contributed by atoms with Gasteiger partial charge in [0.05, 0.1) is 0 Å². The summed E-state index contributed by atoms with van der Waals surface area (Å²) in [7, 11) is 1.97. The fourth-order valence-electron chi connectivity index (χ4n) is 1.34. The molecule has 0 aromatic heterocycles. The van der Waals surface area contributed by atoms with Crippen molar-refractivity contribution in [1.82, 2.24) is 10.6 Å². The van der Waals surface area contributed by atoms with Crippen molar-refractivity contribution in [3.8, 4) is 0 Å². The van der Waals surface area contributed by atoms with Gasteiger partial charge in [-0.25, -0.2) is 0 Å². The molecule has 1 atom stereocenters. The largest absolute Gasteiger partial charge is 0.318 e. The number of rotatable bonds is 5. The lowest BCUT2D eigenvalue weighted by atomic mass is 10.2. The molecule has 2 nitrogen and oxygen atoms in total. The molecule has 1 rings (SSSR count). The minimum Gasteiger partial charge on any atom is -0.318 e. The van der Waals surface area contributed by atoms with Crippen LogP contribution in [0.25, 0.3) is 0 Å². The van der Waals surface area contributed by atoms with Gasteiger partial charge in [0.1, 0.15) is 0 Å². The molecule has 0 aliphatic carbocycles. The van der Waals surface area contributed by atoms with E-state index in [1.807, 2.05) is 13.1 Å². The third kappa shape index (κ3) is 4.64. The second-order valence-electron chi connectivity index (χ2n) is 3.58. The van der Waals surface area contributed by atoms with Crippen molar-refractivity contribution in [3.63, 3.8) is 0 Å². The molecule has 0 fully saturated rings. The van der Waals surface area contributed by atoms with Gasteiger partial charge < -0.3 is 10.6 Å². The maximum atomic E-state index is 3.54. The minimum absolute atomic E-state index is 0.473. The Morgan fingerprint density at radius 2 is 2.07 bits per heavy atom. The zero-order valence-electron chi connectivity index (χ0n) is 8.98. The van der Waals surface area contributed by atoms with Crippen molar-refractivity contribution in [2.45, 2.75) is 19.5 Å². The van der Waals surface area contributed by atoms with Gasteiger partial charge in [-0.3, -0.25) is 0 Å². The normalized spacial score (nSPS) is 12.8. The highest BCUT2D eigenvalue weighted by Gasteiger charge is 2.03. The summed E-state index contributed by atoms with van der Waals surface area (Å²) in [6.07, 6.45) is 0. The van der Waals surface area contributed by atoms with Gasteiger partial charge in [0.25, 0.3) is 0 Å². The van der Waals surface area contributed by atoms with Gasteiger partial charge in [-0.1, -0.05) is 31.9 Å². The average Bonchev–Trinajstić information content (AvgIpc) is 2.20. The molecule has 0 radical (unpaired) electrons. The lowest BCUT2D eigenvalue weighted by Gasteiger charge is -2.14. The van der Waals surface area contributed by atoms with Crippen molar-refractivity contribution in [2.75, 3.05) is 13.6 Å². The number of halogens is 2. The van der Waals surface area contributed by atoms with Crippen molar-refractivity contribution in [2.24, 2.45) is 0 Å². The maximum absolute atomic E-state index is 3.54. The summed E-state index contributed by atoms with van der Waals surface area (Å²) < 4.78 is 2.26. The number of nitrogens with one attached hydrogen (secondary N) is 2. The lowest BCUT2D eigenvalue weighted by molar-refractivity contribution is 0.522. The van der Waals surface area contributed by atoms with Crippen LogP contribution in [0.4, 0.5) is 0 Å².